The number of carbonyl (C=O) groups excluding carboxylic acids is 1. The Labute approximate surface area is 88.4 Å². The highest BCUT2D eigenvalue weighted by Crippen LogP contribution is 2.18. The Hall–Kier alpha value is -1.90. The summed E-state index contributed by atoms with van der Waals surface area (Å²) in [5.74, 6) is 0. The van der Waals surface area contributed by atoms with Gasteiger partial charge in [0, 0.05) is 35.0 Å². The predicted molar refractivity (Wildman–Crippen MR) is 58.4 cm³/mol. The van der Waals surface area contributed by atoms with E-state index in [4.69, 9.17) is 0 Å². The third-order valence-corrected chi connectivity index (χ3v) is 2.52. The minimum Gasteiger partial charge on any atom is -0.318 e. The SMILES string of the molecule is Cc1cc(C=O)c(C)n1-c1ccncc1. The first-order chi connectivity index (χ1) is 7.24. The summed E-state index contributed by atoms with van der Waals surface area (Å²) >= 11 is 0. The molecule has 0 N–H and O–H groups in total. The van der Waals surface area contributed by atoms with Crippen LogP contribution in [0.1, 0.15) is 21.7 Å². The van der Waals surface area contributed by atoms with Gasteiger partial charge in [0.2, 0.25) is 0 Å². The van der Waals surface area contributed by atoms with Gasteiger partial charge in [-0.15, -0.1) is 0 Å². The molecule has 0 saturated heterocycles. The Morgan fingerprint density at radius 3 is 2.47 bits per heavy atom. The van der Waals surface area contributed by atoms with E-state index in [1.165, 1.54) is 0 Å². The summed E-state index contributed by atoms with van der Waals surface area (Å²) in [6.45, 7) is 3.93. The van der Waals surface area contributed by atoms with Crippen molar-refractivity contribution in [3.05, 3.63) is 47.5 Å². The molecule has 2 aromatic heterocycles. The molecule has 0 aliphatic heterocycles. The van der Waals surface area contributed by atoms with Gasteiger partial charge >= 0.3 is 0 Å². The van der Waals surface area contributed by atoms with Crippen molar-refractivity contribution in [1.82, 2.24) is 9.55 Å². The molecular weight excluding hydrogens is 188 g/mol. The molecular formula is C12H12N2O. The Balaban J connectivity index is 2.63. The second-order valence-corrected chi connectivity index (χ2v) is 3.49. The van der Waals surface area contributed by atoms with Crippen molar-refractivity contribution in [3.63, 3.8) is 0 Å². The lowest BCUT2D eigenvalue weighted by Crippen LogP contribution is -1.99. The number of hydrogen-bond donors (Lipinski definition) is 0. The molecule has 0 bridgehead atoms. The van der Waals surface area contributed by atoms with Crippen LogP contribution in [0.15, 0.2) is 30.6 Å². The van der Waals surface area contributed by atoms with Crippen LogP contribution in [0.4, 0.5) is 0 Å². The van der Waals surface area contributed by atoms with Crippen LogP contribution < -0.4 is 0 Å². The number of hydrogen-bond acceptors (Lipinski definition) is 2. The molecule has 0 atom stereocenters. The summed E-state index contributed by atoms with van der Waals surface area (Å²) in [6.07, 6.45) is 4.38. The van der Waals surface area contributed by atoms with Crippen LogP contribution in [0.5, 0.6) is 0 Å². The minimum atomic E-state index is 0.740. The molecule has 15 heavy (non-hydrogen) atoms. The lowest BCUT2D eigenvalue weighted by atomic mass is 10.3. The van der Waals surface area contributed by atoms with Gasteiger partial charge in [0.1, 0.15) is 0 Å². The Morgan fingerprint density at radius 1 is 1.27 bits per heavy atom. The molecule has 0 fully saturated rings. The molecule has 2 heterocycles. The second-order valence-electron chi connectivity index (χ2n) is 3.49. The third kappa shape index (κ3) is 1.56. The summed E-state index contributed by atoms with van der Waals surface area (Å²) in [5.41, 5.74) is 3.80. The van der Waals surface area contributed by atoms with Crippen LogP contribution in [0, 0.1) is 13.8 Å². The van der Waals surface area contributed by atoms with Gasteiger partial charge in [0.15, 0.2) is 6.29 Å². The molecule has 0 unspecified atom stereocenters. The fraction of sp³-hybridized carbons (Fsp3) is 0.167. The summed E-state index contributed by atoms with van der Waals surface area (Å²) in [4.78, 5) is 14.8. The maximum atomic E-state index is 10.8. The number of pyridine rings is 1. The molecule has 3 heteroatoms. The van der Waals surface area contributed by atoms with E-state index in [0.29, 0.717) is 0 Å². The van der Waals surface area contributed by atoms with E-state index >= 15 is 0 Å². The Kier molecular flexibility index (Phi) is 2.37. The standard InChI is InChI=1S/C12H12N2O/c1-9-7-11(8-15)10(2)14(9)12-3-5-13-6-4-12/h3-8H,1-2H3. The molecule has 2 aromatic rings. The minimum absolute atomic E-state index is 0.740. The Bertz CT molecular complexity index is 486. The van der Waals surface area contributed by atoms with Gasteiger partial charge in [-0.3, -0.25) is 9.78 Å². The average Bonchev–Trinajstić information content (AvgIpc) is 2.55. The number of nitrogens with zero attached hydrogens (tertiary/aromatic N) is 2. The van der Waals surface area contributed by atoms with Crippen LogP contribution in [0.3, 0.4) is 0 Å². The highest BCUT2D eigenvalue weighted by Gasteiger charge is 2.08. The first kappa shape index (κ1) is 9.65. The van der Waals surface area contributed by atoms with Crippen LogP contribution >= 0.6 is 0 Å². The topological polar surface area (TPSA) is 34.9 Å². The van der Waals surface area contributed by atoms with E-state index < -0.39 is 0 Å². The second kappa shape index (κ2) is 3.69. The van der Waals surface area contributed by atoms with Crippen molar-refractivity contribution in [2.24, 2.45) is 0 Å². The summed E-state index contributed by atoms with van der Waals surface area (Å²) in [5, 5.41) is 0. The van der Waals surface area contributed by atoms with Crippen molar-refractivity contribution < 1.29 is 4.79 Å². The molecule has 0 aromatic carbocycles. The monoisotopic (exact) mass is 200 g/mol. The predicted octanol–water partition coefficient (Wildman–Crippen LogP) is 2.30. The zero-order chi connectivity index (χ0) is 10.8. The van der Waals surface area contributed by atoms with Crippen molar-refractivity contribution in [2.45, 2.75) is 13.8 Å². The first-order valence-corrected chi connectivity index (χ1v) is 4.78. The molecule has 0 saturated carbocycles. The van der Waals surface area contributed by atoms with Crippen LogP contribution in [0.2, 0.25) is 0 Å². The van der Waals surface area contributed by atoms with Gasteiger partial charge in [-0.1, -0.05) is 0 Å². The number of aldehydes is 1. The van der Waals surface area contributed by atoms with Crippen molar-refractivity contribution in [3.8, 4) is 5.69 Å². The van der Waals surface area contributed by atoms with Crippen molar-refractivity contribution in [1.29, 1.82) is 0 Å². The normalized spacial score (nSPS) is 10.3. The van der Waals surface area contributed by atoms with E-state index in [9.17, 15) is 4.79 Å². The zero-order valence-electron chi connectivity index (χ0n) is 8.77. The number of aromatic nitrogens is 2. The fourth-order valence-electron chi connectivity index (χ4n) is 1.80. The lowest BCUT2D eigenvalue weighted by Gasteiger charge is -2.08. The van der Waals surface area contributed by atoms with Gasteiger partial charge in [-0.25, -0.2) is 0 Å². The summed E-state index contributed by atoms with van der Waals surface area (Å²) in [7, 11) is 0. The van der Waals surface area contributed by atoms with E-state index in [0.717, 1.165) is 28.9 Å². The van der Waals surface area contributed by atoms with E-state index in [-0.39, 0.29) is 0 Å². The molecule has 3 nitrogen and oxygen atoms in total. The highest BCUT2D eigenvalue weighted by molar-refractivity contribution is 5.77. The molecule has 0 amide bonds. The zero-order valence-corrected chi connectivity index (χ0v) is 8.77. The summed E-state index contributed by atoms with van der Waals surface area (Å²) < 4.78 is 2.05. The number of rotatable bonds is 2. The van der Waals surface area contributed by atoms with Gasteiger partial charge in [-0.2, -0.15) is 0 Å². The van der Waals surface area contributed by atoms with Crippen LogP contribution in [-0.2, 0) is 0 Å². The molecule has 2 rings (SSSR count). The molecule has 76 valence electrons. The maximum Gasteiger partial charge on any atom is 0.151 e. The van der Waals surface area contributed by atoms with E-state index in [1.54, 1.807) is 12.4 Å². The smallest absolute Gasteiger partial charge is 0.151 e. The maximum absolute atomic E-state index is 10.8. The first-order valence-electron chi connectivity index (χ1n) is 4.78. The van der Waals surface area contributed by atoms with E-state index in [1.807, 2.05) is 36.6 Å². The lowest BCUT2D eigenvalue weighted by molar-refractivity contribution is 0.112. The quantitative estimate of drug-likeness (QED) is 0.697. The fourth-order valence-corrected chi connectivity index (χ4v) is 1.80. The van der Waals surface area contributed by atoms with Gasteiger partial charge in [-0.05, 0) is 32.0 Å². The molecule has 0 spiro atoms. The molecule has 0 radical (unpaired) electrons. The van der Waals surface area contributed by atoms with Crippen LogP contribution in [0.25, 0.3) is 5.69 Å². The van der Waals surface area contributed by atoms with Gasteiger partial charge in [0.25, 0.3) is 0 Å². The third-order valence-electron chi connectivity index (χ3n) is 2.52. The summed E-state index contributed by atoms with van der Waals surface area (Å²) in [6, 6.07) is 5.74. The largest absolute Gasteiger partial charge is 0.318 e. The highest BCUT2D eigenvalue weighted by atomic mass is 16.1. The van der Waals surface area contributed by atoms with Gasteiger partial charge < -0.3 is 4.57 Å². The van der Waals surface area contributed by atoms with Crippen molar-refractivity contribution in [2.75, 3.05) is 0 Å². The average molecular weight is 200 g/mol. The number of carbonyl (C=O) groups is 1. The van der Waals surface area contributed by atoms with Gasteiger partial charge in [0.05, 0.1) is 0 Å². The molecule has 0 aliphatic rings. The molecule has 0 aliphatic carbocycles. The van der Waals surface area contributed by atoms with Crippen molar-refractivity contribution >= 4 is 6.29 Å². The van der Waals surface area contributed by atoms with E-state index in [2.05, 4.69) is 4.98 Å². The number of aryl methyl sites for hydroxylation is 1. The Morgan fingerprint density at radius 2 is 1.93 bits per heavy atom. The van der Waals surface area contributed by atoms with Crippen LogP contribution in [-0.4, -0.2) is 15.8 Å².